The van der Waals surface area contributed by atoms with Gasteiger partial charge in [0.25, 0.3) is 0 Å². The first-order valence-electron chi connectivity index (χ1n) is 4.04. The fraction of sp³-hybridized carbons (Fsp3) is 0.111. The number of nitrogens with zero attached hydrogens (tertiary/aromatic N) is 3. The van der Waals surface area contributed by atoms with E-state index in [4.69, 9.17) is 0 Å². The van der Waals surface area contributed by atoms with Crippen molar-refractivity contribution in [3.63, 3.8) is 0 Å². The van der Waals surface area contributed by atoms with Crippen molar-refractivity contribution >= 4 is 0 Å². The van der Waals surface area contributed by atoms with Crippen LogP contribution in [0.4, 0.5) is 4.39 Å². The number of rotatable bonds is 1. The second-order valence-corrected chi connectivity index (χ2v) is 2.89. The summed E-state index contributed by atoms with van der Waals surface area (Å²) >= 11 is 0. The quantitative estimate of drug-likeness (QED) is 0.745. The molecule has 0 saturated carbocycles. The largest absolute Gasteiger partial charge is 0.493 e. The lowest BCUT2D eigenvalue weighted by molar-refractivity contribution is 0.431. The molecule has 5 heteroatoms. The second kappa shape index (κ2) is 3.10. The van der Waals surface area contributed by atoms with Crippen molar-refractivity contribution in [3.05, 3.63) is 35.9 Å². The van der Waals surface area contributed by atoms with Gasteiger partial charge in [-0.15, -0.1) is 0 Å². The van der Waals surface area contributed by atoms with E-state index in [9.17, 15) is 9.50 Å². The summed E-state index contributed by atoms with van der Waals surface area (Å²) in [6.45, 7) is 1.75. The molecule has 1 N–H and O–H groups in total. The van der Waals surface area contributed by atoms with E-state index in [1.165, 1.54) is 22.9 Å². The highest BCUT2D eigenvalue weighted by molar-refractivity contribution is 5.28. The van der Waals surface area contributed by atoms with Gasteiger partial charge < -0.3 is 5.11 Å². The maximum atomic E-state index is 12.6. The molecule has 0 atom stereocenters. The molecule has 0 radical (unpaired) electrons. The number of aryl methyl sites for hydroxylation is 1. The molecule has 0 aromatic carbocycles. The molecule has 2 rings (SSSR count). The third kappa shape index (κ3) is 1.44. The number of aromatic hydroxyl groups is 1. The van der Waals surface area contributed by atoms with Crippen molar-refractivity contribution in [2.24, 2.45) is 0 Å². The monoisotopic (exact) mass is 193 g/mol. The van der Waals surface area contributed by atoms with Crippen molar-refractivity contribution in [3.8, 4) is 11.7 Å². The predicted octanol–water partition coefficient (Wildman–Crippen LogP) is 1.42. The molecule has 0 fully saturated rings. The number of hydrogen-bond donors (Lipinski definition) is 1. The van der Waals surface area contributed by atoms with Gasteiger partial charge in [0.1, 0.15) is 5.82 Å². The zero-order valence-electron chi connectivity index (χ0n) is 7.48. The first kappa shape index (κ1) is 8.68. The highest BCUT2D eigenvalue weighted by Gasteiger charge is 2.06. The Morgan fingerprint density at radius 1 is 1.43 bits per heavy atom. The molecule has 0 amide bonds. The molecule has 0 aliphatic carbocycles. The minimum atomic E-state index is -0.419. The molecule has 4 nitrogen and oxygen atoms in total. The standard InChI is InChI=1S/C9H8FN3O/c1-6-4-9(14)13(12-6)8-3-2-7(10)5-11-8/h2-5,14H,1H3. The predicted molar refractivity (Wildman–Crippen MR) is 47.7 cm³/mol. The SMILES string of the molecule is Cc1cc(O)n(-c2ccc(F)cn2)n1. The molecular formula is C9H8FN3O. The van der Waals surface area contributed by atoms with E-state index in [0.717, 1.165) is 6.20 Å². The van der Waals surface area contributed by atoms with E-state index < -0.39 is 5.82 Å². The molecule has 2 aromatic rings. The lowest BCUT2D eigenvalue weighted by Gasteiger charge is -2.00. The summed E-state index contributed by atoms with van der Waals surface area (Å²) in [6, 6.07) is 4.21. The van der Waals surface area contributed by atoms with E-state index in [-0.39, 0.29) is 5.88 Å². The van der Waals surface area contributed by atoms with Crippen molar-refractivity contribution in [1.29, 1.82) is 0 Å². The molecule has 0 aliphatic heterocycles. The lowest BCUT2D eigenvalue weighted by Crippen LogP contribution is -1.99. The van der Waals surface area contributed by atoms with Crippen LogP contribution in [0.1, 0.15) is 5.69 Å². The molecule has 14 heavy (non-hydrogen) atoms. The Hall–Kier alpha value is -1.91. The van der Waals surface area contributed by atoms with Crippen LogP contribution in [0.15, 0.2) is 24.4 Å². The molecule has 0 unspecified atom stereocenters. The Bertz CT molecular complexity index is 450. The Kier molecular flexibility index (Phi) is 1.92. The summed E-state index contributed by atoms with van der Waals surface area (Å²) in [5, 5.41) is 13.4. The van der Waals surface area contributed by atoms with Crippen LogP contribution in [0.2, 0.25) is 0 Å². The van der Waals surface area contributed by atoms with Crippen LogP contribution in [0, 0.1) is 12.7 Å². The van der Waals surface area contributed by atoms with E-state index >= 15 is 0 Å². The van der Waals surface area contributed by atoms with E-state index in [0.29, 0.717) is 11.5 Å². The van der Waals surface area contributed by atoms with Crippen LogP contribution in [0.25, 0.3) is 5.82 Å². The van der Waals surface area contributed by atoms with Crippen molar-refractivity contribution in [2.75, 3.05) is 0 Å². The summed E-state index contributed by atoms with van der Waals surface area (Å²) in [6.07, 6.45) is 1.08. The van der Waals surface area contributed by atoms with Crippen LogP contribution in [0.3, 0.4) is 0 Å². The molecule has 72 valence electrons. The minimum Gasteiger partial charge on any atom is -0.493 e. The van der Waals surface area contributed by atoms with Gasteiger partial charge in [0.05, 0.1) is 11.9 Å². The Morgan fingerprint density at radius 2 is 2.21 bits per heavy atom. The van der Waals surface area contributed by atoms with Gasteiger partial charge in [0, 0.05) is 6.07 Å². The Balaban J connectivity index is 2.49. The highest BCUT2D eigenvalue weighted by Crippen LogP contribution is 2.15. The van der Waals surface area contributed by atoms with Crippen LogP contribution in [-0.2, 0) is 0 Å². The van der Waals surface area contributed by atoms with Gasteiger partial charge in [-0.1, -0.05) is 0 Å². The number of halogens is 1. The summed E-state index contributed by atoms with van der Waals surface area (Å²) in [5.41, 5.74) is 0.675. The van der Waals surface area contributed by atoms with Crippen molar-refractivity contribution in [2.45, 2.75) is 6.92 Å². The zero-order chi connectivity index (χ0) is 10.1. The van der Waals surface area contributed by atoms with E-state index in [2.05, 4.69) is 10.1 Å². The van der Waals surface area contributed by atoms with Gasteiger partial charge in [-0.2, -0.15) is 9.78 Å². The first-order valence-corrected chi connectivity index (χ1v) is 4.04. The average molecular weight is 193 g/mol. The summed E-state index contributed by atoms with van der Waals surface area (Å²) in [4.78, 5) is 3.79. The van der Waals surface area contributed by atoms with Gasteiger partial charge in [-0.3, -0.25) is 0 Å². The lowest BCUT2D eigenvalue weighted by atomic mass is 10.4. The van der Waals surface area contributed by atoms with Crippen molar-refractivity contribution < 1.29 is 9.50 Å². The normalized spacial score (nSPS) is 10.4. The summed E-state index contributed by atoms with van der Waals surface area (Å²) in [7, 11) is 0. The molecule has 2 aromatic heterocycles. The Labute approximate surface area is 79.6 Å². The van der Waals surface area contributed by atoms with Crippen LogP contribution < -0.4 is 0 Å². The first-order chi connectivity index (χ1) is 6.66. The summed E-state index contributed by atoms with van der Waals surface area (Å²) in [5.74, 6) is -0.0456. The maximum Gasteiger partial charge on any atom is 0.215 e. The molecule has 0 saturated heterocycles. The van der Waals surface area contributed by atoms with E-state index in [1.54, 1.807) is 6.92 Å². The van der Waals surface area contributed by atoms with Gasteiger partial charge in [-0.25, -0.2) is 9.37 Å². The van der Waals surface area contributed by atoms with E-state index in [1.807, 2.05) is 0 Å². The zero-order valence-corrected chi connectivity index (χ0v) is 7.48. The topological polar surface area (TPSA) is 50.9 Å². The van der Waals surface area contributed by atoms with Gasteiger partial charge in [0.2, 0.25) is 5.88 Å². The Morgan fingerprint density at radius 3 is 2.71 bits per heavy atom. The fourth-order valence-corrected chi connectivity index (χ4v) is 1.15. The second-order valence-electron chi connectivity index (χ2n) is 2.89. The number of pyridine rings is 1. The van der Waals surface area contributed by atoms with Crippen LogP contribution in [-0.4, -0.2) is 19.9 Å². The van der Waals surface area contributed by atoms with Gasteiger partial charge >= 0.3 is 0 Å². The minimum absolute atomic E-state index is 0.0124. The molecule has 0 bridgehead atoms. The molecular weight excluding hydrogens is 185 g/mol. The van der Waals surface area contributed by atoms with Gasteiger partial charge in [-0.05, 0) is 19.1 Å². The average Bonchev–Trinajstić information content (AvgIpc) is 2.47. The third-order valence-corrected chi connectivity index (χ3v) is 1.74. The van der Waals surface area contributed by atoms with Gasteiger partial charge in [0.15, 0.2) is 5.82 Å². The van der Waals surface area contributed by atoms with Crippen LogP contribution >= 0.6 is 0 Å². The summed E-state index contributed by atoms with van der Waals surface area (Å²) < 4.78 is 13.8. The number of aromatic nitrogens is 3. The fourth-order valence-electron chi connectivity index (χ4n) is 1.15. The van der Waals surface area contributed by atoms with Crippen LogP contribution in [0.5, 0.6) is 5.88 Å². The molecule has 2 heterocycles. The maximum absolute atomic E-state index is 12.6. The molecule has 0 aliphatic rings. The molecule has 0 spiro atoms. The highest BCUT2D eigenvalue weighted by atomic mass is 19.1. The van der Waals surface area contributed by atoms with Crippen molar-refractivity contribution in [1.82, 2.24) is 14.8 Å². The smallest absolute Gasteiger partial charge is 0.215 e. The number of hydrogen-bond acceptors (Lipinski definition) is 3. The third-order valence-electron chi connectivity index (χ3n) is 1.74.